The molecule has 0 radical (unpaired) electrons. The molecule has 1 aromatic carbocycles. The molecule has 1 amide bonds. The number of nitro groups is 1. The molecule has 1 aliphatic heterocycles. The predicted molar refractivity (Wildman–Crippen MR) is 127 cm³/mol. The van der Waals surface area contributed by atoms with Crippen LogP contribution in [0.25, 0.3) is 6.08 Å². The summed E-state index contributed by atoms with van der Waals surface area (Å²) in [5.41, 5.74) is 1.98. The summed E-state index contributed by atoms with van der Waals surface area (Å²) in [5, 5.41) is 16.1. The second-order valence-corrected chi connectivity index (χ2v) is 7.99. The van der Waals surface area contributed by atoms with Gasteiger partial charge in [0.25, 0.3) is 5.91 Å². The van der Waals surface area contributed by atoms with Crippen molar-refractivity contribution in [3.05, 3.63) is 74.9 Å². The van der Waals surface area contributed by atoms with Gasteiger partial charge < -0.3 is 9.32 Å². The van der Waals surface area contributed by atoms with Crippen LogP contribution in [-0.2, 0) is 4.79 Å². The Morgan fingerprint density at radius 1 is 1.23 bits per heavy atom. The maximum atomic E-state index is 12.6. The van der Waals surface area contributed by atoms with E-state index in [1.54, 1.807) is 18.4 Å². The Bertz CT molecular complexity index is 1070. The molecule has 0 aliphatic carbocycles. The summed E-state index contributed by atoms with van der Waals surface area (Å²) >= 11 is 6.39. The van der Waals surface area contributed by atoms with Crippen molar-refractivity contribution >= 4 is 58.1 Å². The summed E-state index contributed by atoms with van der Waals surface area (Å²) in [6.45, 7) is 6.07. The number of nitrogens with zero attached hydrogens (tertiary/aromatic N) is 4. The number of carbonyl (C=O) groups is 1. The predicted octanol–water partition coefficient (Wildman–Crippen LogP) is 4.83. The summed E-state index contributed by atoms with van der Waals surface area (Å²) in [6.07, 6.45) is 6.27. The molecule has 0 bridgehead atoms. The first-order valence-corrected chi connectivity index (χ1v) is 10.7. The number of amides is 1. The van der Waals surface area contributed by atoms with Crippen molar-refractivity contribution in [1.29, 1.82) is 0 Å². The Labute approximate surface area is 189 Å². The Morgan fingerprint density at radius 3 is 2.55 bits per heavy atom. The number of rotatable bonds is 8. The van der Waals surface area contributed by atoms with E-state index in [0.29, 0.717) is 15.0 Å². The summed E-state index contributed by atoms with van der Waals surface area (Å²) in [4.78, 5) is 25.2. The summed E-state index contributed by atoms with van der Waals surface area (Å²) in [5.74, 6) is -0.365. The zero-order valence-electron chi connectivity index (χ0n) is 16.9. The van der Waals surface area contributed by atoms with Gasteiger partial charge in [-0.1, -0.05) is 30.0 Å². The van der Waals surface area contributed by atoms with Crippen LogP contribution in [0.4, 0.5) is 11.6 Å². The van der Waals surface area contributed by atoms with Crippen LogP contribution in [0.5, 0.6) is 0 Å². The molecular weight excluding hydrogens is 436 g/mol. The highest BCUT2D eigenvalue weighted by Gasteiger charge is 2.31. The SMILES string of the molecule is CCN(CC)c1ccc(/C=N/N2C(=O)/C(=C\C=C\c3ccc([N+](=O)[O-])o3)SC2=S)cc1. The van der Waals surface area contributed by atoms with Gasteiger partial charge in [-0.2, -0.15) is 10.1 Å². The van der Waals surface area contributed by atoms with Gasteiger partial charge in [0.2, 0.25) is 0 Å². The molecule has 0 atom stereocenters. The van der Waals surface area contributed by atoms with E-state index in [1.807, 2.05) is 24.3 Å². The zero-order chi connectivity index (χ0) is 22.4. The second-order valence-electron chi connectivity index (χ2n) is 6.32. The molecule has 1 fully saturated rings. The molecule has 8 nitrogen and oxygen atoms in total. The van der Waals surface area contributed by atoms with E-state index in [2.05, 4.69) is 23.8 Å². The number of hydrogen-bond acceptors (Lipinski definition) is 8. The molecule has 0 unspecified atom stereocenters. The van der Waals surface area contributed by atoms with Crippen LogP contribution in [0, 0.1) is 10.1 Å². The molecule has 1 saturated heterocycles. The Kier molecular flexibility index (Phi) is 7.37. The molecule has 0 N–H and O–H groups in total. The smallest absolute Gasteiger partial charge is 0.401 e. The average Bonchev–Trinajstić information content (AvgIpc) is 3.34. The highest BCUT2D eigenvalue weighted by Crippen LogP contribution is 2.31. The number of anilines is 1. The lowest BCUT2D eigenvalue weighted by atomic mass is 10.2. The van der Waals surface area contributed by atoms with Gasteiger partial charge in [-0.3, -0.25) is 14.9 Å². The first-order chi connectivity index (χ1) is 14.9. The van der Waals surface area contributed by atoms with Gasteiger partial charge in [0.05, 0.1) is 17.2 Å². The minimum atomic E-state index is -0.613. The molecule has 0 spiro atoms. The Hall–Kier alpha value is -3.24. The van der Waals surface area contributed by atoms with Gasteiger partial charge in [-0.05, 0) is 62.0 Å². The summed E-state index contributed by atoms with van der Waals surface area (Å²) in [7, 11) is 0. The lowest BCUT2D eigenvalue weighted by Gasteiger charge is -2.20. The Balaban J connectivity index is 1.66. The van der Waals surface area contributed by atoms with Crippen LogP contribution in [0.1, 0.15) is 25.2 Å². The quantitative estimate of drug-likeness (QED) is 0.185. The van der Waals surface area contributed by atoms with Gasteiger partial charge in [-0.25, -0.2) is 0 Å². The van der Waals surface area contributed by atoms with Crippen LogP contribution in [0.2, 0.25) is 0 Å². The molecule has 1 aromatic heterocycles. The number of hydrogen-bond donors (Lipinski definition) is 0. The minimum absolute atomic E-state index is 0.310. The normalized spacial score (nSPS) is 15.7. The maximum absolute atomic E-state index is 12.6. The molecule has 3 rings (SSSR count). The number of thiocarbonyl (C=S) groups is 1. The van der Waals surface area contributed by atoms with E-state index in [9.17, 15) is 14.9 Å². The molecule has 10 heteroatoms. The van der Waals surface area contributed by atoms with E-state index in [0.717, 1.165) is 36.1 Å². The highest BCUT2D eigenvalue weighted by atomic mass is 32.2. The van der Waals surface area contributed by atoms with E-state index in [4.69, 9.17) is 16.6 Å². The van der Waals surface area contributed by atoms with Gasteiger partial charge in [-0.15, -0.1) is 0 Å². The fourth-order valence-corrected chi connectivity index (χ4v) is 3.94. The first kappa shape index (κ1) is 22.4. The lowest BCUT2D eigenvalue weighted by molar-refractivity contribution is -0.402. The van der Waals surface area contributed by atoms with Gasteiger partial charge in [0, 0.05) is 18.8 Å². The van der Waals surface area contributed by atoms with Crippen LogP contribution in [0.3, 0.4) is 0 Å². The van der Waals surface area contributed by atoms with Crippen molar-refractivity contribution < 1.29 is 14.1 Å². The van der Waals surface area contributed by atoms with Crippen LogP contribution in [-0.4, -0.2) is 39.5 Å². The van der Waals surface area contributed by atoms with Crippen molar-refractivity contribution in [1.82, 2.24) is 5.01 Å². The van der Waals surface area contributed by atoms with E-state index in [1.165, 1.54) is 23.2 Å². The summed E-state index contributed by atoms with van der Waals surface area (Å²) in [6, 6.07) is 10.7. The highest BCUT2D eigenvalue weighted by molar-refractivity contribution is 8.26. The minimum Gasteiger partial charge on any atom is -0.401 e. The van der Waals surface area contributed by atoms with Gasteiger partial charge >= 0.3 is 5.88 Å². The molecule has 31 heavy (non-hydrogen) atoms. The number of benzene rings is 1. The molecule has 2 heterocycles. The van der Waals surface area contributed by atoms with E-state index < -0.39 is 4.92 Å². The van der Waals surface area contributed by atoms with Crippen molar-refractivity contribution in [2.45, 2.75) is 13.8 Å². The van der Waals surface area contributed by atoms with Gasteiger partial charge in [0.15, 0.2) is 4.32 Å². The number of hydrazone groups is 1. The molecule has 1 aliphatic rings. The molecule has 0 saturated carbocycles. The van der Waals surface area contributed by atoms with Gasteiger partial charge in [0.1, 0.15) is 10.7 Å². The third-order valence-corrected chi connectivity index (χ3v) is 5.72. The van der Waals surface area contributed by atoms with Crippen molar-refractivity contribution in [2.24, 2.45) is 5.10 Å². The largest absolute Gasteiger partial charge is 0.433 e. The maximum Gasteiger partial charge on any atom is 0.433 e. The third kappa shape index (κ3) is 5.47. The van der Waals surface area contributed by atoms with E-state index >= 15 is 0 Å². The first-order valence-electron chi connectivity index (χ1n) is 9.50. The monoisotopic (exact) mass is 456 g/mol. The second kappa shape index (κ2) is 10.2. The molecule has 160 valence electrons. The number of carbonyl (C=O) groups excluding carboxylic acids is 1. The van der Waals surface area contributed by atoms with Crippen LogP contribution in [0.15, 0.2) is 63.0 Å². The third-order valence-electron chi connectivity index (χ3n) is 4.42. The van der Waals surface area contributed by atoms with Crippen molar-refractivity contribution in [3.63, 3.8) is 0 Å². The van der Waals surface area contributed by atoms with Crippen molar-refractivity contribution in [3.8, 4) is 0 Å². The summed E-state index contributed by atoms with van der Waals surface area (Å²) < 4.78 is 5.36. The van der Waals surface area contributed by atoms with Crippen LogP contribution < -0.4 is 4.90 Å². The number of allylic oxidation sites excluding steroid dienone is 2. The topological polar surface area (TPSA) is 92.2 Å². The Morgan fingerprint density at radius 2 is 1.94 bits per heavy atom. The fourth-order valence-electron chi connectivity index (χ4n) is 2.82. The zero-order valence-corrected chi connectivity index (χ0v) is 18.6. The standard InChI is InChI=1S/C21H20N4O4S2/c1-3-23(4-2)16-10-8-15(9-11-16)14-22-24-20(26)18(31-21(24)30)7-5-6-17-12-13-19(29-17)25(27)28/h5-14H,3-4H2,1-2H3/b6-5+,18-7+,22-14+. The fraction of sp³-hybridized carbons (Fsp3) is 0.190. The number of thioether (sulfide) groups is 1. The van der Waals surface area contributed by atoms with Crippen LogP contribution >= 0.6 is 24.0 Å². The number of furan rings is 1. The average molecular weight is 457 g/mol. The molecule has 2 aromatic rings. The lowest BCUT2D eigenvalue weighted by Crippen LogP contribution is -2.22. The molecular formula is C21H20N4O4S2. The van der Waals surface area contributed by atoms with E-state index in [-0.39, 0.29) is 11.8 Å². The van der Waals surface area contributed by atoms with Crippen molar-refractivity contribution in [2.75, 3.05) is 18.0 Å².